The zero-order valence-corrected chi connectivity index (χ0v) is 20.0. The SMILES string of the molecule is O=C(c1cccc(-c2ccc(F)cc2)c1)N1CC[C@@H]2[C@@H](CCC(=O)N2Cc2ccc(C(F)(F)F)cc2)C1. The minimum absolute atomic E-state index is 0.00655. The second kappa shape index (κ2) is 10.00. The lowest BCUT2D eigenvalue weighted by molar-refractivity contribution is -0.141. The van der Waals surface area contributed by atoms with Gasteiger partial charge in [0.05, 0.1) is 5.56 Å². The molecule has 192 valence electrons. The van der Waals surface area contributed by atoms with Gasteiger partial charge in [-0.2, -0.15) is 13.2 Å². The van der Waals surface area contributed by atoms with E-state index in [9.17, 15) is 27.2 Å². The highest BCUT2D eigenvalue weighted by Crippen LogP contribution is 2.34. The van der Waals surface area contributed by atoms with Crippen LogP contribution in [-0.4, -0.2) is 40.7 Å². The van der Waals surface area contributed by atoms with Crippen LogP contribution in [0.3, 0.4) is 0 Å². The summed E-state index contributed by atoms with van der Waals surface area (Å²) >= 11 is 0. The lowest BCUT2D eigenvalue weighted by atomic mass is 9.83. The van der Waals surface area contributed by atoms with Crippen molar-refractivity contribution < 1.29 is 27.2 Å². The van der Waals surface area contributed by atoms with Gasteiger partial charge in [-0.05, 0) is 71.8 Å². The minimum atomic E-state index is -4.40. The van der Waals surface area contributed by atoms with E-state index in [0.717, 1.165) is 23.3 Å². The summed E-state index contributed by atoms with van der Waals surface area (Å²) in [4.78, 5) is 29.7. The van der Waals surface area contributed by atoms with E-state index in [-0.39, 0.29) is 36.1 Å². The standard InChI is InChI=1S/C29H26F4N2O2/c30-25-11-6-20(7-12-25)21-2-1-3-22(16-21)28(37)34-15-14-26-23(18-34)8-13-27(36)35(26)17-19-4-9-24(10-5-19)29(31,32)33/h1-7,9-12,16,23,26H,8,13-15,17-18H2/t23-,26+/m0/s1. The van der Waals surface area contributed by atoms with Crippen molar-refractivity contribution >= 4 is 11.8 Å². The molecule has 0 spiro atoms. The molecule has 3 aromatic carbocycles. The molecule has 0 radical (unpaired) electrons. The molecule has 2 aliphatic heterocycles. The third-order valence-electron chi connectivity index (χ3n) is 7.35. The van der Waals surface area contributed by atoms with Crippen molar-refractivity contribution in [3.63, 3.8) is 0 Å². The van der Waals surface area contributed by atoms with Crippen molar-refractivity contribution in [1.82, 2.24) is 9.80 Å². The quantitative estimate of drug-likeness (QED) is 0.394. The molecule has 4 nitrogen and oxygen atoms in total. The van der Waals surface area contributed by atoms with E-state index in [1.165, 1.54) is 24.3 Å². The van der Waals surface area contributed by atoms with E-state index >= 15 is 0 Å². The van der Waals surface area contributed by atoms with Crippen molar-refractivity contribution in [2.45, 2.75) is 38.0 Å². The third-order valence-corrected chi connectivity index (χ3v) is 7.35. The number of carbonyl (C=O) groups is 2. The van der Waals surface area contributed by atoms with Crippen molar-refractivity contribution in [2.24, 2.45) is 5.92 Å². The number of amides is 2. The number of fused-ring (bicyclic) bond motifs is 1. The van der Waals surface area contributed by atoms with Gasteiger partial charge in [0, 0.05) is 37.7 Å². The molecule has 2 aliphatic rings. The Morgan fingerprint density at radius 1 is 0.919 bits per heavy atom. The molecule has 8 heteroatoms. The van der Waals surface area contributed by atoms with Crippen LogP contribution >= 0.6 is 0 Å². The molecule has 3 aromatic rings. The highest BCUT2D eigenvalue weighted by Gasteiger charge is 2.40. The Balaban J connectivity index is 1.27. The van der Waals surface area contributed by atoms with Crippen molar-refractivity contribution in [3.8, 4) is 11.1 Å². The molecular weight excluding hydrogens is 484 g/mol. The summed E-state index contributed by atoms with van der Waals surface area (Å²) in [6.07, 6.45) is -2.76. The molecule has 0 saturated carbocycles. The number of likely N-dealkylation sites (tertiary alicyclic amines) is 2. The number of benzene rings is 3. The molecule has 37 heavy (non-hydrogen) atoms. The predicted octanol–water partition coefficient (Wildman–Crippen LogP) is 6.16. The predicted molar refractivity (Wildman–Crippen MR) is 131 cm³/mol. The number of rotatable bonds is 4. The van der Waals surface area contributed by atoms with Crippen LogP contribution in [0, 0.1) is 11.7 Å². The Hall–Kier alpha value is -3.68. The van der Waals surface area contributed by atoms with E-state index in [4.69, 9.17) is 0 Å². The van der Waals surface area contributed by atoms with Crippen molar-refractivity contribution in [2.75, 3.05) is 13.1 Å². The van der Waals surface area contributed by atoms with Crippen LogP contribution in [0.5, 0.6) is 0 Å². The first kappa shape index (κ1) is 25.0. The number of nitrogens with zero attached hydrogens (tertiary/aromatic N) is 2. The highest BCUT2D eigenvalue weighted by atomic mass is 19.4. The van der Waals surface area contributed by atoms with Crippen molar-refractivity contribution in [1.29, 1.82) is 0 Å². The van der Waals surface area contributed by atoms with E-state index in [2.05, 4.69) is 0 Å². The fourth-order valence-corrected chi connectivity index (χ4v) is 5.39. The first-order valence-electron chi connectivity index (χ1n) is 12.3. The van der Waals surface area contributed by atoms with Gasteiger partial charge < -0.3 is 9.80 Å². The molecule has 0 N–H and O–H groups in total. The maximum atomic E-state index is 13.4. The lowest BCUT2D eigenvalue weighted by Crippen LogP contribution is -2.56. The number of hydrogen-bond acceptors (Lipinski definition) is 2. The number of hydrogen-bond donors (Lipinski definition) is 0. The van der Waals surface area contributed by atoms with Crippen LogP contribution in [0.4, 0.5) is 17.6 Å². The first-order chi connectivity index (χ1) is 17.7. The Morgan fingerprint density at radius 3 is 2.35 bits per heavy atom. The van der Waals surface area contributed by atoms with Crippen molar-refractivity contribution in [3.05, 3.63) is 95.3 Å². The summed E-state index contributed by atoms with van der Waals surface area (Å²) in [7, 11) is 0. The molecule has 2 atom stereocenters. The van der Waals surface area contributed by atoms with E-state index in [1.54, 1.807) is 23.1 Å². The van der Waals surface area contributed by atoms with Gasteiger partial charge in [0.2, 0.25) is 5.91 Å². The summed E-state index contributed by atoms with van der Waals surface area (Å²) in [5.41, 5.74) is 2.13. The van der Waals surface area contributed by atoms with Gasteiger partial charge in [0.25, 0.3) is 5.91 Å². The molecule has 2 fully saturated rings. The molecule has 2 amide bonds. The van der Waals surface area contributed by atoms with Gasteiger partial charge in [-0.3, -0.25) is 9.59 Å². The average molecular weight is 511 g/mol. The smallest absolute Gasteiger partial charge is 0.338 e. The van der Waals surface area contributed by atoms with Crippen LogP contribution in [-0.2, 0) is 17.5 Å². The Labute approximate surface area is 212 Å². The van der Waals surface area contributed by atoms with Crippen LogP contribution in [0.2, 0.25) is 0 Å². The zero-order chi connectivity index (χ0) is 26.2. The van der Waals surface area contributed by atoms with Crippen LogP contribution in [0.1, 0.15) is 40.7 Å². The molecular formula is C29H26F4N2O2. The molecule has 0 aliphatic carbocycles. The molecule has 0 aromatic heterocycles. The van der Waals surface area contributed by atoms with E-state index in [0.29, 0.717) is 43.5 Å². The number of carbonyl (C=O) groups excluding carboxylic acids is 2. The Morgan fingerprint density at radius 2 is 1.65 bits per heavy atom. The van der Waals surface area contributed by atoms with Crippen LogP contribution < -0.4 is 0 Å². The fourth-order valence-electron chi connectivity index (χ4n) is 5.39. The fraction of sp³-hybridized carbons (Fsp3) is 0.310. The molecule has 0 bridgehead atoms. The maximum absolute atomic E-state index is 13.4. The summed E-state index contributed by atoms with van der Waals surface area (Å²) in [6, 6.07) is 18.3. The van der Waals surface area contributed by atoms with Crippen LogP contribution in [0.25, 0.3) is 11.1 Å². The zero-order valence-electron chi connectivity index (χ0n) is 20.0. The van der Waals surface area contributed by atoms with Gasteiger partial charge in [-0.15, -0.1) is 0 Å². The topological polar surface area (TPSA) is 40.6 Å². The Bertz CT molecular complexity index is 1290. The first-order valence-corrected chi connectivity index (χ1v) is 12.3. The summed E-state index contributed by atoms with van der Waals surface area (Å²) in [5.74, 6) is -0.316. The van der Waals surface area contributed by atoms with E-state index in [1.807, 2.05) is 23.1 Å². The second-order valence-electron chi connectivity index (χ2n) is 9.71. The van der Waals surface area contributed by atoms with Gasteiger partial charge >= 0.3 is 6.18 Å². The molecule has 2 heterocycles. The second-order valence-corrected chi connectivity index (χ2v) is 9.71. The van der Waals surface area contributed by atoms with Gasteiger partial charge in [-0.1, -0.05) is 36.4 Å². The highest BCUT2D eigenvalue weighted by molar-refractivity contribution is 5.95. The van der Waals surface area contributed by atoms with E-state index < -0.39 is 11.7 Å². The van der Waals surface area contributed by atoms with Gasteiger partial charge in [-0.25, -0.2) is 4.39 Å². The average Bonchev–Trinajstić information content (AvgIpc) is 2.90. The molecule has 5 rings (SSSR count). The molecule has 2 saturated heterocycles. The summed E-state index contributed by atoms with van der Waals surface area (Å²) < 4.78 is 52.0. The summed E-state index contributed by atoms with van der Waals surface area (Å²) in [6.45, 7) is 1.25. The maximum Gasteiger partial charge on any atom is 0.416 e. The third kappa shape index (κ3) is 5.38. The number of piperidine rings is 2. The monoisotopic (exact) mass is 510 g/mol. The largest absolute Gasteiger partial charge is 0.416 e. The summed E-state index contributed by atoms with van der Waals surface area (Å²) in [5, 5.41) is 0. The number of alkyl halides is 3. The Kier molecular flexibility index (Phi) is 6.75. The molecule has 0 unspecified atom stereocenters. The minimum Gasteiger partial charge on any atom is -0.338 e. The van der Waals surface area contributed by atoms with Crippen LogP contribution in [0.15, 0.2) is 72.8 Å². The lowest BCUT2D eigenvalue weighted by Gasteiger charge is -2.47. The van der Waals surface area contributed by atoms with Gasteiger partial charge in [0.1, 0.15) is 5.82 Å². The number of halogens is 4. The normalized spacial score (nSPS) is 20.1. The van der Waals surface area contributed by atoms with Gasteiger partial charge in [0.15, 0.2) is 0 Å².